The van der Waals surface area contributed by atoms with Crippen LogP contribution in [-0.4, -0.2) is 7.11 Å². The van der Waals surface area contributed by atoms with E-state index < -0.39 is 0 Å². The molecule has 1 nitrogen and oxygen atoms in total. The summed E-state index contributed by atoms with van der Waals surface area (Å²) in [5.74, 6) is 0.920. The topological polar surface area (TPSA) is 9.23 Å². The van der Waals surface area contributed by atoms with E-state index in [1.165, 1.54) is 38.2 Å². The molecule has 4 rings (SSSR count). The molecule has 0 atom stereocenters. The van der Waals surface area contributed by atoms with Gasteiger partial charge in [-0.15, -0.1) is 0 Å². The molecule has 0 saturated heterocycles. The number of methoxy groups -OCH3 is 1. The average Bonchev–Trinajstić information content (AvgIpc) is 2.69. The number of fused-ring (bicyclic) bond motifs is 2. The van der Waals surface area contributed by atoms with E-state index in [-0.39, 0.29) is 0 Å². The van der Waals surface area contributed by atoms with Gasteiger partial charge in [0.05, 0.1) is 7.11 Å². The lowest BCUT2D eigenvalue weighted by Crippen LogP contribution is -1.93. The van der Waals surface area contributed by atoms with Crippen molar-refractivity contribution in [2.45, 2.75) is 20.8 Å². The van der Waals surface area contributed by atoms with E-state index in [4.69, 9.17) is 4.74 Å². The molecule has 0 unspecified atom stereocenters. The molecule has 0 aliphatic carbocycles. The zero-order chi connectivity index (χ0) is 17.8. The lowest BCUT2D eigenvalue weighted by molar-refractivity contribution is 0.417. The predicted molar refractivity (Wildman–Crippen MR) is 110 cm³/mol. The Labute approximate surface area is 149 Å². The molecule has 0 spiro atoms. The largest absolute Gasteiger partial charge is 0.496 e. The van der Waals surface area contributed by atoms with Crippen molar-refractivity contribution in [2.24, 2.45) is 0 Å². The van der Waals surface area contributed by atoms with E-state index in [2.05, 4.69) is 79.7 Å². The Bertz CT molecular complexity index is 1010. The van der Waals surface area contributed by atoms with Crippen molar-refractivity contribution in [3.63, 3.8) is 0 Å². The Morgan fingerprint density at radius 3 is 1.72 bits per heavy atom. The van der Waals surface area contributed by atoms with Gasteiger partial charge in [-0.1, -0.05) is 80.6 Å². The minimum absolute atomic E-state index is 0.920. The van der Waals surface area contributed by atoms with Gasteiger partial charge in [-0.2, -0.15) is 0 Å². The van der Waals surface area contributed by atoms with Crippen LogP contribution in [0.1, 0.15) is 19.4 Å². The molecule has 0 radical (unpaired) electrons. The number of hydrogen-bond acceptors (Lipinski definition) is 1. The van der Waals surface area contributed by atoms with Crippen LogP contribution in [0.3, 0.4) is 0 Å². The van der Waals surface area contributed by atoms with Crippen LogP contribution < -0.4 is 4.74 Å². The quantitative estimate of drug-likeness (QED) is 0.385. The zero-order valence-corrected chi connectivity index (χ0v) is 15.3. The number of benzene rings is 4. The fourth-order valence-electron chi connectivity index (χ4n) is 3.39. The van der Waals surface area contributed by atoms with Gasteiger partial charge in [-0.3, -0.25) is 0 Å². The summed E-state index contributed by atoms with van der Waals surface area (Å²) in [6.07, 6.45) is 0. The Balaban J connectivity index is 0.000000880. The average molecular weight is 328 g/mol. The normalized spacial score (nSPS) is 10.4. The maximum atomic E-state index is 5.71. The third-order valence-electron chi connectivity index (χ3n) is 4.50. The van der Waals surface area contributed by atoms with Gasteiger partial charge in [0.1, 0.15) is 5.75 Å². The number of hydrogen-bond donors (Lipinski definition) is 0. The summed E-state index contributed by atoms with van der Waals surface area (Å²) in [5, 5.41) is 4.98. The lowest BCUT2D eigenvalue weighted by atomic mass is 9.90. The maximum absolute atomic E-state index is 5.71. The highest BCUT2D eigenvalue weighted by Crippen LogP contribution is 2.42. The van der Waals surface area contributed by atoms with Crippen molar-refractivity contribution in [1.82, 2.24) is 0 Å². The standard InChI is InChI=1S/C22H18O.C2H6/c1-15-11-12-16-7-3-5-9-18(16)21(15)22-19-10-6-4-8-17(19)13-14-20(22)23-2;1-2/h3-14H,1-2H3;1-2H3. The van der Waals surface area contributed by atoms with Crippen molar-refractivity contribution < 1.29 is 4.74 Å². The van der Waals surface area contributed by atoms with E-state index in [1.54, 1.807) is 7.11 Å². The Morgan fingerprint density at radius 2 is 1.12 bits per heavy atom. The monoisotopic (exact) mass is 328 g/mol. The van der Waals surface area contributed by atoms with Crippen LogP contribution in [0.2, 0.25) is 0 Å². The van der Waals surface area contributed by atoms with E-state index in [0.717, 1.165) is 5.75 Å². The predicted octanol–water partition coefficient (Wildman–Crippen LogP) is 7.00. The second kappa shape index (κ2) is 7.40. The third-order valence-corrected chi connectivity index (χ3v) is 4.50. The molecule has 0 aliphatic heterocycles. The molecule has 126 valence electrons. The summed E-state index contributed by atoms with van der Waals surface area (Å²) in [6.45, 7) is 6.17. The SMILES string of the molecule is CC.COc1ccc2ccccc2c1-c1c(C)ccc2ccccc12. The van der Waals surface area contributed by atoms with Crippen molar-refractivity contribution in [3.05, 3.63) is 78.4 Å². The molecule has 0 N–H and O–H groups in total. The molecule has 4 aromatic rings. The second-order valence-electron chi connectivity index (χ2n) is 5.84. The van der Waals surface area contributed by atoms with Crippen LogP contribution in [0.5, 0.6) is 5.75 Å². The van der Waals surface area contributed by atoms with E-state index in [9.17, 15) is 0 Å². The van der Waals surface area contributed by atoms with Gasteiger partial charge in [-0.25, -0.2) is 0 Å². The highest BCUT2D eigenvalue weighted by molar-refractivity contribution is 6.08. The molecule has 25 heavy (non-hydrogen) atoms. The Hall–Kier alpha value is -2.80. The van der Waals surface area contributed by atoms with Crippen LogP contribution in [0.25, 0.3) is 32.7 Å². The number of ether oxygens (including phenoxy) is 1. The molecule has 0 heterocycles. The molecule has 0 aromatic heterocycles. The van der Waals surface area contributed by atoms with Crippen LogP contribution in [0.4, 0.5) is 0 Å². The smallest absolute Gasteiger partial charge is 0.127 e. The maximum Gasteiger partial charge on any atom is 0.127 e. The van der Waals surface area contributed by atoms with Crippen molar-refractivity contribution >= 4 is 21.5 Å². The van der Waals surface area contributed by atoms with Gasteiger partial charge in [0.15, 0.2) is 0 Å². The van der Waals surface area contributed by atoms with E-state index in [1.807, 2.05) is 13.8 Å². The van der Waals surface area contributed by atoms with Crippen molar-refractivity contribution in [2.75, 3.05) is 7.11 Å². The number of aryl methyl sites for hydroxylation is 1. The molecular formula is C24H24O. The molecule has 0 bridgehead atoms. The van der Waals surface area contributed by atoms with Crippen LogP contribution in [0.15, 0.2) is 72.8 Å². The summed E-state index contributed by atoms with van der Waals surface area (Å²) in [4.78, 5) is 0. The highest BCUT2D eigenvalue weighted by atomic mass is 16.5. The first-order chi connectivity index (χ1) is 12.3. The zero-order valence-electron chi connectivity index (χ0n) is 15.3. The summed E-state index contributed by atoms with van der Waals surface area (Å²) < 4.78 is 5.71. The lowest BCUT2D eigenvalue weighted by Gasteiger charge is -2.17. The first-order valence-electron chi connectivity index (χ1n) is 8.84. The fourth-order valence-corrected chi connectivity index (χ4v) is 3.39. The van der Waals surface area contributed by atoms with E-state index >= 15 is 0 Å². The summed E-state index contributed by atoms with van der Waals surface area (Å²) in [7, 11) is 1.74. The van der Waals surface area contributed by atoms with Crippen LogP contribution in [-0.2, 0) is 0 Å². The van der Waals surface area contributed by atoms with Gasteiger partial charge >= 0.3 is 0 Å². The molecule has 0 fully saturated rings. The van der Waals surface area contributed by atoms with Crippen LogP contribution in [0, 0.1) is 6.92 Å². The minimum atomic E-state index is 0.920. The van der Waals surface area contributed by atoms with Gasteiger partial charge < -0.3 is 4.74 Å². The first-order valence-corrected chi connectivity index (χ1v) is 8.84. The summed E-state index contributed by atoms with van der Waals surface area (Å²) in [6, 6.07) is 25.6. The molecule has 4 aromatic carbocycles. The highest BCUT2D eigenvalue weighted by Gasteiger charge is 2.15. The van der Waals surface area contributed by atoms with Gasteiger partial charge in [0, 0.05) is 5.56 Å². The Kier molecular flexibility index (Phi) is 5.04. The summed E-state index contributed by atoms with van der Waals surface area (Å²) >= 11 is 0. The fraction of sp³-hybridized carbons (Fsp3) is 0.167. The Morgan fingerprint density at radius 1 is 0.600 bits per heavy atom. The molecule has 0 amide bonds. The van der Waals surface area contributed by atoms with E-state index in [0.29, 0.717) is 0 Å². The molecule has 0 aliphatic rings. The van der Waals surface area contributed by atoms with Crippen LogP contribution >= 0.6 is 0 Å². The molecule has 0 saturated carbocycles. The minimum Gasteiger partial charge on any atom is -0.496 e. The number of rotatable bonds is 2. The molecule has 1 heteroatoms. The second-order valence-corrected chi connectivity index (χ2v) is 5.84. The van der Waals surface area contributed by atoms with Crippen molar-refractivity contribution in [3.8, 4) is 16.9 Å². The van der Waals surface area contributed by atoms with Crippen molar-refractivity contribution in [1.29, 1.82) is 0 Å². The summed E-state index contributed by atoms with van der Waals surface area (Å²) in [5.41, 5.74) is 3.70. The first kappa shape index (κ1) is 17.0. The molecular weight excluding hydrogens is 304 g/mol. The van der Waals surface area contributed by atoms with Gasteiger partial charge in [-0.05, 0) is 45.7 Å². The van der Waals surface area contributed by atoms with Gasteiger partial charge in [0.2, 0.25) is 0 Å². The van der Waals surface area contributed by atoms with Gasteiger partial charge in [0.25, 0.3) is 0 Å². The third kappa shape index (κ3) is 2.98.